The van der Waals surface area contributed by atoms with Gasteiger partial charge in [-0.1, -0.05) is 19.8 Å². The van der Waals surface area contributed by atoms with Crippen LogP contribution in [-0.2, 0) is 0 Å². The smallest absolute Gasteiger partial charge is 0.317 e. The maximum atomic E-state index is 11.8. The predicted octanol–water partition coefficient (Wildman–Crippen LogP) is 1.98. The summed E-state index contributed by atoms with van der Waals surface area (Å²) >= 11 is 0. The molecular formula is C12H26N2O2. The average molecular weight is 230 g/mol. The molecule has 0 aromatic rings. The lowest BCUT2D eigenvalue weighted by molar-refractivity contribution is 0.169. The summed E-state index contributed by atoms with van der Waals surface area (Å²) in [6.07, 6.45) is 3.24. The van der Waals surface area contributed by atoms with E-state index in [4.69, 9.17) is 5.11 Å². The minimum absolute atomic E-state index is 0.0175. The van der Waals surface area contributed by atoms with Crippen LogP contribution in [0.3, 0.4) is 0 Å². The lowest BCUT2D eigenvalue weighted by atomic mass is 10.1. The van der Waals surface area contributed by atoms with Crippen LogP contribution in [-0.4, -0.2) is 41.3 Å². The van der Waals surface area contributed by atoms with Gasteiger partial charge in [0.15, 0.2) is 0 Å². The lowest BCUT2D eigenvalue weighted by Gasteiger charge is -2.28. The molecule has 0 aromatic carbocycles. The maximum absolute atomic E-state index is 11.8. The number of urea groups is 1. The summed E-state index contributed by atoms with van der Waals surface area (Å²) in [7, 11) is 0. The van der Waals surface area contributed by atoms with Crippen molar-refractivity contribution in [3.8, 4) is 0 Å². The Kier molecular flexibility index (Phi) is 7.13. The normalized spacial score (nSPS) is 11.3. The van der Waals surface area contributed by atoms with E-state index in [-0.39, 0.29) is 18.2 Å². The number of amides is 2. The maximum Gasteiger partial charge on any atom is 0.317 e. The Morgan fingerprint density at radius 2 is 1.88 bits per heavy atom. The highest BCUT2D eigenvalue weighted by Gasteiger charge is 2.18. The van der Waals surface area contributed by atoms with Crippen molar-refractivity contribution in [1.82, 2.24) is 10.2 Å². The summed E-state index contributed by atoms with van der Waals surface area (Å²) in [5, 5.41) is 11.8. The van der Waals surface area contributed by atoms with Crippen molar-refractivity contribution in [3.05, 3.63) is 0 Å². The molecule has 2 amide bonds. The van der Waals surface area contributed by atoms with Gasteiger partial charge in [-0.25, -0.2) is 4.79 Å². The van der Waals surface area contributed by atoms with Crippen molar-refractivity contribution in [2.45, 2.75) is 52.5 Å². The van der Waals surface area contributed by atoms with Crippen molar-refractivity contribution in [2.75, 3.05) is 19.7 Å². The first kappa shape index (κ1) is 15.2. The number of hydrogen-bond donors (Lipinski definition) is 2. The number of carbonyl (C=O) groups excluding carboxylic acids is 1. The van der Waals surface area contributed by atoms with E-state index >= 15 is 0 Å². The third kappa shape index (κ3) is 7.51. The van der Waals surface area contributed by atoms with Crippen LogP contribution in [0.1, 0.15) is 47.0 Å². The number of hydrogen-bond acceptors (Lipinski definition) is 2. The summed E-state index contributed by atoms with van der Waals surface area (Å²) in [5.74, 6) is 0. The molecule has 0 saturated heterocycles. The molecule has 16 heavy (non-hydrogen) atoms. The van der Waals surface area contributed by atoms with Gasteiger partial charge in [0.1, 0.15) is 0 Å². The molecule has 0 bridgehead atoms. The van der Waals surface area contributed by atoms with Crippen LogP contribution < -0.4 is 5.32 Å². The molecule has 0 aliphatic carbocycles. The first-order valence-corrected chi connectivity index (χ1v) is 6.08. The fourth-order valence-corrected chi connectivity index (χ4v) is 1.39. The number of carbonyl (C=O) groups is 1. The summed E-state index contributed by atoms with van der Waals surface area (Å²) in [6.45, 7) is 9.13. The molecule has 4 nitrogen and oxygen atoms in total. The van der Waals surface area contributed by atoms with Gasteiger partial charge in [-0.05, 0) is 27.2 Å². The quantitative estimate of drug-likeness (QED) is 0.686. The zero-order chi connectivity index (χ0) is 12.6. The number of nitrogens with one attached hydrogen (secondary N) is 1. The molecule has 0 fully saturated rings. The fourth-order valence-electron chi connectivity index (χ4n) is 1.39. The molecule has 0 saturated carbocycles. The van der Waals surface area contributed by atoms with Crippen LogP contribution in [0.25, 0.3) is 0 Å². The summed E-state index contributed by atoms with van der Waals surface area (Å²) in [4.78, 5) is 13.5. The van der Waals surface area contributed by atoms with E-state index in [9.17, 15) is 4.79 Å². The zero-order valence-electron chi connectivity index (χ0n) is 11.0. The van der Waals surface area contributed by atoms with Gasteiger partial charge in [0.25, 0.3) is 0 Å². The van der Waals surface area contributed by atoms with Gasteiger partial charge in [-0.15, -0.1) is 0 Å². The predicted molar refractivity (Wildman–Crippen MR) is 66.5 cm³/mol. The van der Waals surface area contributed by atoms with E-state index in [1.807, 2.05) is 20.8 Å². The monoisotopic (exact) mass is 230 g/mol. The number of nitrogens with zero attached hydrogens (tertiary/aromatic N) is 1. The molecular weight excluding hydrogens is 204 g/mol. The first-order valence-electron chi connectivity index (χ1n) is 6.08. The Morgan fingerprint density at radius 1 is 1.25 bits per heavy atom. The van der Waals surface area contributed by atoms with Crippen molar-refractivity contribution in [2.24, 2.45) is 0 Å². The minimum atomic E-state index is -0.227. The van der Waals surface area contributed by atoms with Gasteiger partial charge in [0.2, 0.25) is 0 Å². The molecule has 0 aliphatic heterocycles. The molecule has 0 heterocycles. The first-order chi connectivity index (χ1) is 7.40. The van der Waals surface area contributed by atoms with Crippen LogP contribution in [0.4, 0.5) is 4.79 Å². The molecule has 2 N–H and O–H groups in total. The van der Waals surface area contributed by atoms with E-state index in [2.05, 4.69) is 12.2 Å². The largest absolute Gasteiger partial charge is 0.395 e. The van der Waals surface area contributed by atoms with Crippen LogP contribution in [0.15, 0.2) is 0 Å². The number of aliphatic hydroxyl groups excluding tert-OH is 1. The van der Waals surface area contributed by atoms with Gasteiger partial charge < -0.3 is 15.3 Å². The Morgan fingerprint density at radius 3 is 2.31 bits per heavy atom. The van der Waals surface area contributed by atoms with E-state index in [1.54, 1.807) is 4.90 Å². The highest BCUT2D eigenvalue weighted by molar-refractivity contribution is 5.74. The number of aliphatic hydroxyl groups is 1. The van der Waals surface area contributed by atoms with E-state index in [0.717, 1.165) is 25.8 Å². The SMILES string of the molecule is CCCCCN(CCO)C(=O)NC(C)(C)C. The van der Waals surface area contributed by atoms with Gasteiger partial charge in [0.05, 0.1) is 6.61 Å². The highest BCUT2D eigenvalue weighted by Crippen LogP contribution is 2.03. The van der Waals surface area contributed by atoms with Crippen LogP contribution in [0.2, 0.25) is 0 Å². The number of unbranched alkanes of at least 4 members (excludes halogenated alkanes) is 2. The molecule has 0 radical (unpaired) electrons. The summed E-state index contributed by atoms with van der Waals surface area (Å²) < 4.78 is 0. The molecule has 0 aromatic heterocycles. The lowest BCUT2D eigenvalue weighted by Crippen LogP contribution is -2.49. The second-order valence-electron chi connectivity index (χ2n) is 5.10. The second-order valence-corrected chi connectivity index (χ2v) is 5.10. The Balaban J connectivity index is 4.12. The van der Waals surface area contributed by atoms with Crippen molar-refractivity contribution < 1.29 is 9.90 Å². The molecule has 0 atom stereocenters. The molecule has 0 unspecified atom stereocenters. The van der Waals surface area contributed by atoms with Crippen LogP contribution in [0.5, 0.6) is 0 Å². The van der Waals surface area contributed by atoms with Gasteiger partial charge >= 0.3 is 6.03 Å². The van der Waals surface area contributed by atoms with Crippen LogP contribution in [0, 0.1) is 0 Å². The minimum Gasteiger partial charge on any atom is -0.395 e. The van der Waals surface area contributed by atoms with Crippen molar-refractivity contribution in [1.29, 1.82) is 0 Å². The summed E-state index contributed by atoms with van der Waals surface area (Å²) in [6, 6.07) is -0.0855. The Bertz CT molecular complexity index is 200. The third-order valence-corrected chi connectivity index (χ3v) is 2.17. The van der Waals surface area contributed by atoms with Gasteiger partial charge in [-0.2, -0.15) is 0 Å². The molecule has 0 rings (SSSR count). The molecule has 0 aliphatic rings. The second kappa shape index (κ2) is 7.49. The standard InChI is InChI=1S/C12H26N2O2/c1-5-6-7-8-14(9-10-15)11(16)13-12(2,3)4/h15H,5-10H2,1-4H3,(H,13,16). The zero-order valence-corrected chi connectivity index (χ0v) is 11.0. The topological polar surface area (TPSA) is 52.6 Å². The third-order valence-electron chi connectivity index (χ3n) is 2.17. The molecule has 0 spiro atoms. The van der Waals surface area contributed by atoms with Crippen molar-refractivity contribution in [3.63, 3.8) is 0 Å². The summed E-state index contributed by atoms with van der Waals surface area (Å²) in [5.41, 5.74) is -0.227. The number of rotatable bonds is 6. The molecule has 4 heteroatoms. The van der Waals surface area contributed by atoms with Crippen molar-refractivity contribution >= 4 is 6.03 Å². The van der Waals surface area contributed by atoms with Gasteiger partial charge in [0, 0.05) is 18.6 Å². The van der Waals surface area contributed by atoms with Gasteiger partial charge in [-0.3, -0.25) is 0 Å². The Hall–Kier alpha value is -0.770. The Labute approximate surface area is 99.0 Å². The average Bonchev–Trinajstić information content (AvgIpc) is 2.14. The van der Waals surface area contributed by atoms with E-state index < -0.39 is 0 Å². The molecule has 96 valence electrons. The van der Waals surface area contributed by atoms with E-state index in [0.29, 0.717) is 6.54 Å². The van der Waals surface area contributed by atoms with E-state index in [1.165, 1.54) is 0 Å². The highest BCUT2D eigenvalue weighted by atomic mass is 16.3. The van der Waals surface area contributed by atoms with Crippen LogP contribution >= 0.6 is 0 Å². The fraction of sp³-hybridized carbons (Fsp3) is 0.917.